The number of phenolic OH excluding ortho intramolecular Hbond substituents is 1. The third-order valence-corrected chi connectivity index (χ3v) is 6.23. The van der Waals surface area contributed by atoms with Crippen molar-refractivity contribution < 1.29 is 18.3 Å². The van der Waals surface area contributed by atoms with E-state index in [0.717, 1.165) is 28.6 Å². The zero-order valence-electron chi connectivity index (χ0n) is 16.0. The summed E-state index contributed by atoms with van der Waals surface area (Å²) in [5, 5.41) is 11.6. The van der Waals surface area contributed by atoms with E-state index in [-0.39, 0.29) is 5.75 Å². The molecule has 0 aliphatic heterocycles. The Morgan fingerprint density at radius 1 is 0.710 bits per heavy atom. The van der Waals surface area contributed by atoms with Crippen LogP contribution < -0.4 is 0 Å². The zero-order valence-corrected chi connectivity index (χ0v) is 16.7. The second-order valence-corrected chi connectivity index (χ2v) is 7.98. The number of benzene rings is 3. The number of fused-ring (bicyclic) bond motifs is 2. The van der Waals surface area contributed by atoms with Gasteiger partial charge in [-0.05, 0) is 42.0 Å². The molecule has 5 aromatic rings. The summed E-state index contributed by atoms with van der Waals surface area (Å²) in [6.45, 7) is 0. The number of hydrogen-bond donors (Lipinski definition) is 3. The Morgan fingerprint density at radius 2 is 1.29 bits per heavy atom. The van der Waals surface area contributed by atoms with E-state index >= 15 is 0 Å². The van der Waals surface area contributed by atoms with Gasteiger partial charge in [0, 0.05) is 45.3 Å². The number of aromatic amines is 2. The molecule has 7 heteroatoms. The minimum atomic E-state index is -4.44. The molecule has 0 radical (unpaired) electrons. The van der Waals surface area contributed by atoms with E-state index < -0.39 is 16.6 Å². The molecular formula is C24H16ClF3N2O. The van der Waals surface area contributed by atoms with Crippen molar-refractivity contribution in [2.24, 2.45) is 0 Å². The van der Waals surface area contributed by atoms with Crippen molar-refractivity contribution in [2.75, 3.05) is 0 Å². The highest BCUT2D eigenvalue weighted by Crippen LogP contribution is 2.48. The van der Waals surface area contributed by atoms with E-state index in [1.807, 2.05) is 24.3 Å². The summed E-state index contributed by atoms with van der Waals surface area (Å²) in [4.78, 5) is 5.04. The van der Waals surface area contributed by atoms with Crippen LogP contribution in [0.3, 0.4) is 0 Å². The Bertz CT molecular complexity index is 1400. The van der Waals surface area contributed by atoms with Gasteiger partial charge in [-0.1, -0.05) is 30.3 Å². The molecule has 1 unspecified atom stereocenters. The van der Waals surface area contributed by atoms with E-state index in [4.69, 9.17) is 11.6 Å². The predicted molar refractivity (Wildman–Crippen MR) is 115 cm³/mol. The minimum Gasteiger partial charge on any atom is -0.508 e. The molecule has 1 atom stereocenters. The van der Waals surface area contributed by atoms with Crippen LogP contribution in [-0.2, 0) is 11.1 Å². The van der Waals surface area contributed by atoms with Gasteiger partial charge >= 0.3 is 6.18 Å². The highest BCUT2D eigenvalue weighted by Gasteiger charge is 2.39. The zero-order chi connectivity index (χ0) is 21.8. The first kappa shape index (κ1) is 19.6. The normalized spacial score (nSPS) is 14.2. The molecule has 3 aromatic carbocycles. The van der Waals surface area contributed by atoms with Gasteiger partial charge in [-0.15, -0.1) is 11.6 Å². The second-order valence-electron chi connectivity index (χ2n) is 7.41. The molecule has 156 valence electrons. The van der Waals surface area contributed by atoms with E-state index in [2.05, 4.69) is 9.97 Å². The van der Waals surface area contributed by atoms with E-state index in [0.29, 0.717) is 22.1 Å². The summed E-state index contributed by atoms with van der Waals surface area (Å²) < 4.78 is 39.5. The first-order valence-electron chi connectivity index (χ1n) is 9.52. The monoisotopic (exact) mass is 440 g/mol. The van der Waals surface area contributed by atoms with Gasteiger partial charge in [0.15, 0.2) is 0 Å². The lowest BCUT2D eigenvalue weighted by Gasteiger charge is -2.28. The molecular weight excluding hydrogens is 425 g/mol. The molecule has 0 saturated carbocycles. The number of alkyl halides is 4. The van der Waals surface area contributed by atoms with Crippen LogP contribution in [-0.4, -0.2) is 15.1 Å². The predicted octanol–water partition coefficient (Wildman–Crippen LogP) is 6.90. The number of halogens is 4. The molecule has 0 spiro atoms. The van der Waals surface area contributed by atoms with Crippen molar-refractivity contribution in [1.29, 1.82) is 0 Å². The standard InChI is InChI=1S/C24H16ClF3N2O/c25-23(14-5-7-15(8-6-14)24(26,27)28,19-12-29-21-4-2-1-3-17(19)21)20-13-30-22-10-9-16(31)11-18(20)22/h1-13,29-31H. The molecule has 2 aromatic heterocycles. The van der Waals surface area contributed by atoms with Crippen LogP contribution >= 0.6 is 11.6 Å². The first-order chi connectivity index (χ1) is 14.8. The van der Waals surface area contributed by atoms with Crippen molar-refractivity contribution >= 4 is 33.4 Å². The summed E-state index contributed by atoms with van der Waals surface area (Å²) in [7, 11) is 0. The number of hydrogen-bond acceptors (Lipinski definition) is 1. The van der Waals surface area contributed by atoms with Gasteiger partial charge in [0.1, 0.15) is 10.6 Å². The molecule has 0 bridgehead atoms. The Hall–Kier alpha value is -3.38. The van der Waals surface area contributed by atoms with Crippen LogP contribution in [0.4, 0.5) is 13.2 Å². The van der Waals surface area contributed by atoms with Crippen molar-refractivity contribution in [2.45, 2.75) is 11.1 Å². The van der Waals surface area contributed by atoms with Gasteiger partial charge < -0.3 is 15.1 Å². The summed E-state index contributed by atoms with van der Waals surface area (Å²) in [6, 6.07) is 17.3. The Balaban J connectivity index is 1.81. The van der Waals surface area contributed by atoms with Crippen LogP contribution in [0.15, 0.2) is 79.1 Å². The van der Waals surface area contributed by atoms with Crippen molar-refractivity contribution in [3.63, 3.8) is 0 Å². The van der Waals surface area contributed by atoms with Gasteiger partial charge in [0.05, 0.1) is 5.56 Å². The number of para-hydroxylation sites is 1. The molecule has 3 N–H and O–H groups in total. The van der Waals surface area contributed by atoms with Gasteiger partial charge in [-0.2, -0.15) is 13.2 Å². The van der Waals surface area contributed by atoms with Gasteiger partial charge in [-0.25, -0.2) is 0 Å². The van der Waals surface area contributed by atoms with E-state index in [1.165, 1.54) is 12.1 Å². The smallest absolute Gasteiger partial charge is 0.416 e. The molecule has 0 amide bonds. The molecule has 31 heavy (non-hydrogen) atoms. The molecule has 3 nitrogen and oxygen atoms in total. The second kappa shape index (κ2) is 6.82. The van der Waals surface area contributed by atoms with Crippen LogP contribution in [0.2, 0.25) is 0 Å². The molecule has 0 saturated heterocycles. The number of aromatic nitrogens is 2. The molecule has 0 aliphatic rings. The van der Waals surface area contributed by atoms with E-state index in [1.54, 1.807) is 30.6 Å². The van der Waals surface area contributed by atoms with Crippen LogP contribution in [0, 0.1) is 0 Å². The van der Waals surface area contributed by atoms with Gasteiger partial charge in [-0.3, -0.25) is 0 Å². The maximum Gasteiger partial charge on any atom is 0.416 e. The number of H-pyrrole nitrogens is 2. The van der Waals surface area contributed by atoms with Crippen molar-refractivity contribution in [1.82, 2.24) is 9.97 Å². The lowest BCUT2D eigenvalue weighted by Crippen LogP contribution is -2.22. The Labute approximate surface area is 180 Å². The first-order valence-corrected chi connectivity index (χ1v) is 9.90. The van der Waals surface area contributed by atoms with Crippen LogP contribution in [0.5, 0.6) is 5.75 Å². The van der Waals surface area contributed by atoms with Crippen LogP contribution in [0.1, 0.15) is 22.3 Å². The van der Waals surface area contributed by atoms with Gasteiger partial charge in [0.2, 0.25) is 0 Å². The Morgan fingerprint density at radius 3 is 1.97 bits per heavy atom. The van der Waals surface area contributed by atoms with Gasteiger partial charge in [0.25, 0.3) is 0 Å². The fourth-order valence-electron chi connectivity index (χ4n) is 4.10. The van der Waals surface area contributed by atoms with Crippen molar-refractivity contribution in [3.8, 4) is 5.75 Å². The number of aromatic hydroxyl groups is 1. The maximum absolute atomic E-state index is 13.2. The lowest BCUT2D eigenvalue weighted by atomic mass is 9.83. The summed E-state index contributed by atoms with van der Waals surface area (Å²) in [6.07, 6.45) is -0.936. The average Bonchev–Trinajstić information content (AvgIpc) is 3.37. The molecule has 0 aliphatic carbocycles. The molecule has 5 rings (SSSR count). The Kier molecular flexibility index (Phi) is 4.31. The maximum atomic E-state index is 13.2. The molecule has 2 heterocycles. The third kappa shape index (κ3) is 3.06. The fourth-order valence-corrected chi connectivity index (χ4v) is 4.53. The fraction of sp³-hybridized carbons (Fsp3) is 0.0833. The van der Waals surface area contributed by atoms with Crippen LogP contribution in [0.25, 0.3) is 21.8 Å². The van der Waals surface area contributed by atoms with E-state index in [9.17, 15) is 18.3 Å². The number of nitrogens with one attached hydrogen (secondary N) is 2. The summed E-state index contributed by atoms with van der Waals surface area (Å²) in [5.41, 5.74) is 2.68. The largest absolute Gasteiger partial charge is 0.508 e. The topological polar surface area (TPSA) is 51.8 Å². The third-order valence-electron chi connectivity index (χ3n) is 5.61. The quantitative estimate of drug-likeness (QED) is 0.262. The SMILES string of the molecule is Oc1ccc2[nH]cc(C(Cl)(c3ccc(C(F)(F)F)cc3)c3c[nH]c4ccccc34)c2c1. The highest BCUT2D eigenvalue weighted by molar-refractivity contribution is 6.30. The minimum absolute atomic E-state index is 0.0683. The number of rotatable bonds is 3. The summed E-state index contributed by atoms with van der Waals surface area (Å²) in [5.74, 6) is 0.0683. The lowest BCUT2D eigenvalue weighted by molar-refractivity contribution is -0.137. The average molecular weight is 441 g/mol. The molecule has 0 fully saturated rings. The summed E-state index contributed by atoms with van der Waals surface area (Å²) >= 11 is 7.37. The highest BCUT2D eigenvalue weighted by atomic mass is 35.5. The number of phenols is 1. The van der Waals surface area contributed by atoms with Crippen molar-refractivity contribution in [3.05, 3.63) is 101 Å².